The Morgan fingerprint density at radius 1 is 0.947 bits per heavy atom. The summed E-state index contributed by atoms with van der Waals surface area (Å²) in [7, 11) is 0. The molecule has 0 unspecified atom stereocenters. The van der Waals surface area contributed by atoms with Gasteiger partial charge in [-0.25, -0.2) is 19.2 Å². The summed E-state index contributed by atoms with van der Waals surface area (Å²) in [6, 6.07) is 12.3. The van der Waals surface area contributed by atoms with Crippen LogP contribution < -0.4 is 20.9 Å². The number of alkyl halides is 3. The van der Waals surface area contributed by atoms with Crippen LogP contribution in [0, 0.1) is 12.7 Å². The lowest BCUT2D eigenvalue weighted by molar-refractivity contribution is -0.137. The number of fused-ring (bicyclic) bond motifs is 2. The lowest BCUT2D eigenvalue weighted by atomic mass is 10.1. The van der Waals surface area contributed by atoms with E-state index in [0.29, 0.717) is 57.3 Å². The third-order valence-electron chi connectivity index (χ3n) is 5.63. The Bertz CT molecular complexity index is 1770. The lowest BCUT2D eigenvalue weighted by Crippen LogP contribution is -2.21. The van der Waals surface area contributed by atoms with Crippen LogP contribution in [0.1, 0.15) is 11.3 Å². The van der Waals surface area contributed by atoms with Gasteiger partial charge in [0.15, 0.2) is 11.4 Å². The van der Waals surface area contributed by atoms with Crippen LogP contribution in [0.4, 0.5) is 33.7 Å². The Labute approximate surface area is 211 Å². The first-order chi connectivity index (χ1) is 18.1. The molecule has 2 amide bonds. The highest BCUT2D eigenvalue weighted by Gasteiger charge is 2.31. The van der Waals surface area contributed by atoms with E-state index in [-0.39, 0.29) is 11.3 Å². The van der Waals surface area contributed by atoms with E-state index in [9.17, 15) is 27.2 Å². The molecule has 0 aliphatic rings. The molecule has 2 aromatic heterocycles. The molecule has 2 heterocycles. The molecule has 3 aromatic carbocycles. The normalized spacial score (nSPS) is 11.5. The van der Waals surface area contributed by atoms with Crippen LogP contribution in [0.25, 0.3) is 21.9 Å². The van der Waals surface area contributed by atoms with Crippen molar-refractivity contribution in [2.24, 2.45) is 0 Å². The summed E-state index contributed by atoms with van der Waals surface area (Å²) < 4.78 is 59.1. The van der Waals surface area contributed by atoms with Crippen molar-refractivity contribution in [3.63, 3.8) is 0 Å². The van der Waals surface area contributed by atoms with E-state index in [1.807, 2.05) is 0 Å². The molecule has 0 atom stereocenters. The number of ether oxygens (including phenoxy) is 1. The third kappa shape index (κ3) is 4.83. The fraction of sp³-hybridized carbons (Fsp3) is 0.0769. The van der Waals surface area contributed by atoms with Crippen molar-refractivity contribution in [3.05, 3.63) is 94.3 Å². The first-order valence-corrected chi connectivity index (χ1v) is 11.1. The number of aryl methyl sites for hydroxylation is 1. The maximum Gasteiger partial charge on any atom is 0.416 e. The summed E-state index contributed by atoms with van der Waals surface area (Å²) in [6.45, 7) is 1.56. The molecule has 38 heavy (non-hydrogen) atoms. The minimum absolute atomic E-state index is 0.256. The zero-order chi connectivity index (χ0) is 27.0. The second kappa shape index (κ2) is 9.47. The van der Waals surface area contributed by atoms with Gasteiger partial charge in [0.1, 0.15) is 22.8 Å². The molecule has 0 fully saturated rings. The highest BCUT2D eigenvalue weighted by atomic mass is 19.4. The quantitative estimate of drug-likeness (QED) is 0.237. The van der Waals surface area contributed by atoms with Crippen LogP contribution in [-0.4, -0.2) is 21.0 Å². The molecular weight excluding hydrogens is 506 g/mol. The SMILES string of the molecule is Cc1nc2nccc(Oc3ccc(NC(=O)Nc4cc(C(F)(F)F)ccc4F)c4ccccc34)c2[nH]c1=O. The van der Waals surface area contributed by atoms with Crippen molar-refractivity contribution in [2.45, 2.75) is 13.1 Å². The minimum Gasteiger partial charge on any atom is -0.454 e. The second-order valence-electron chi connectivity index (χ2n) is 8.19. The maximum atomic E-state index is 14.1. The van der Waals surface area contributed by atoms with E-state index in [2.05, 4.69) is 25.6 Å². The summed E-state index contributed by atoms with van der Waals surface area (Å²) in [5.41, 5.74) is -0.963. The van der Waals surface area contributed by atoms with Gasteiger partial charge in [-0.2, -0.15) is 13.2 Å². The number of pyridine rings is 1. The molecule has 0 aliphatic carbocycles. The van der Waals surface area contributed by atoms with Gasteiger partial charge in [0.25, 0.3) is 5.56 Å². The highest BCUT2D eigenvalue weighted by Crippen LogP contribution is 2.36. The molecule has 0 spiro atoms. The van der Waals surface area contributed by atoms with Crippen LogP contribution in [0.2, 0.25) is 0 Å². The summed E-state index contributed by atoms with van der Waals surface area (Å²) in [5.74, 6) is -0.346. The number of nitrogens with zero attached hydrogens (tertiary/aromatic N) is 2. The van der Waals surface area contributed by atoms with Crippen LogP contribution in [0.15, 0.2) is 71.7 Å². The van der Waals surface area contributed by atoms with E-state index in [1.165, 1.54) is 12.3 Å². The Morgan fingerprint density at radius 3 is 2.45 bits per heavy atom. The number of rotatable bonds is 4. The van der Waals surface area contributed by atoms with E-state index in [4.69, 9.17) is 4.74 Å². The first kappa shape index (κ1) is 24.7. The van der Waals surface area contributed by atoms with Crippen molar-refractivity contribution >= 4 is 39.3 Å². The topological polar surface area (TPSA) is 109 Å². The molecule has 0 aliphatic heterocycles. The van der Waals surface area contributed by atoms with Gasteiger partial charge >= 0.3 is 12.2 Å². The number of hydrogen-bond donors (Lipinski definition) is 3. The number of urea groups is 1. The van der Waals surface area contributed by atoms with Gasteiger partial charge < -0.3 is 20.4 Å². The average molecular weight is 523 g/mol. The smallest absolute Gasteiger partial charge is 0.416 e. The molecule has 12 heteroatoms. The molecule has 0 radical (unpaired) electrons. The summed E-state index contributed by atoms with van der Waals surface area (Å²) in [6.07, 6.45) is -3.22. The molecule has 0 saturated heterocycles. The summed E-state index contributed by atoms with van der Waals surface area (Å²) in [5, 5.41) is 5.75. The van der Waals surface area contributed by atoms with Crippen LogP contribution in [-0.2, 0) is 6.18 Å². The van der Waals surface area contributed by atoms with Crippen LogP contribution in [0.5, 0.6) is 11.5 Å². The number of nitrogens with one attached hydrogen (secondary N) is 3. The first-order valence-electron chi connectivity index (χ1n) is 11.1. The van der Waals surface area contributed by atoms with Crippen LogP contribution in [0.3, 0.4) is 0 Å². The van der Waals surface area contributed by atoms with Crippen LogP contribution >= 0.6 is 0 Å². The third-order valence-corrected chi connectivity index (χ3v) is 5.63. The molecule has 0 bridgehead atoms. The maximum absolute atomic E-state index is 14.1. The monoisotopic (exact) mass is 523 g/mol. The number of amides is 2. The molecular formula is C26H17F4N5O3. The van der Waals surface area contributed by atoms with E-state index < -0.39 is 29.3 Å². The molecule has 5 aromatic rings. The van der Waals surface area contributed by atoms with E-state index in [0.717, 1.165) is 0 Å². The fourth-order valence-corrected chi connectivity index (χ4v) is 3.80. The van der Waals surface area contributed by atoms with Crippen molar-refractivity contribution in [1.82, 2.24) is 15.0 Å². The van der Waals surface area contributed by atoms with Crippen molar-refractivity contribution < 1.29 is 27.1 Å². The summed E-state index contributed by atoms with van der Waals surface area (Å²) >= 11 is 0. The number of carbonyl (C=O) groups is 1. The number of aromatic amines is 1. The standard InChI is InChI=1S/C26H17F4N5O3/c1-13-24(36)35-22-21(10-11-31-23(22)32-13)38-20-9-8-18(15-4-2-3-5-16(15)20)33-25(37)34-19-12-14(26(28,29)30)6-7-17(19)27/h2-12H,1H3,(H,35,36)(H2,33,34,37). The van der Waals surface area contributed by atoms with Gasteiger partial charge in [0.05, 0.1) is 16.9 Å². The molecule has 0 saturated carbocycles. The fourth-order valence-electron chi connectivity index (χ4n) is 3.80. The largest absolute Gasteiger partial charge is 0.454 e. The molecule has 192 valence electrons. The summed E-state index contributed by atoms with van der Waals surface area (Å²) in [4.78, 5) is 35.7. The predicted octanol–water partition coefficient (Wildman–Crippen LogP) is 6.37. The Morgan fingerprint density at radius 2 is 1.68 bits per heavy atom. The number of anilines is 2. The van der Waals surface area contributed by atoms with Gasteiger partial charge in [-0.3, -0.25) is 4.79 Å². The lowest BCUT2D eigenvalue weighted by Gasteiger charge is -2.15. The molecule has 5 rings (SSSR count). The highest BCUT2D eigenvalue weighted by molar-refractivity contribution is 6.07. The number of carbonyl (C=O) groups excluding carboxylic acids is 1. The number of aromatic nitrogens is 3. The Hall–Kier alpha value is -5.00. The van der Waals surface area contributed by atoms with Gasteiger partial charge in [-0.15, -0.1) is 0 Å². The zero-order valence-corrected chi connectivity index (χ0v) is 19.5. The van der Waals surface area contributed by atoms with Gasteiger partial charge in [0, 0.05) is 23.0 Å². The van der Waals surface area contributed by atoms with Crippen molar-refractivity contribution in [1.29, 1.82) is 0 Å². The molecule has 3 N–H and O–H groups in total. The minimum atomic E-state index is -4.70. The van der Waals surface area contributed by atoms with Gasteiger partial charge in [-0.05, 0) is 37.3 Å². The van der Waals surface area contributed by atoms with Crippen molar-refractivity contribution in [3.8, 4) is 11.5 Å². The predicted molar refractivity (Wildman–Crippen MR) is 133 cm³/mol. The second-order valence-corrected chi connectivity index (χ2v) is 8.19. The van der Waals surface area contributed by atoms with Gasteiger partial charge in [0.2, 0.25) is 0 Å². The van der Waals surface area contributed by atoms with Crippen molar-refractivity contribution in [2.75, 3.05) is 10.6 Å². The van der Waals surface area contributed by atoms with E-state index >= 15 is 0 Å². The Kier molecular flexibility index (Phi) is 6.15. The number of halogens is 4. The zero-order valence-electron chi connectivity index (χ0n) is 19.5. The number of H-pyrrole nitrogens is 1. The number of hydrogen-bond acceptors (Lipinski definition) is 5. The Balaban J connectivity index is 1.45. The van der Waals surface area contributed by atoms with Gasteiger partial charge in [-0.1, -0.05) is 24.3 Å². The average Bonchev–Trinajstić information content (AvgIpc) is 2.87. The van der Waals surface area contributed by atoms with E-state index in [1.54, 1.807) is 43.3 Å². The molecule has 8 nitrogen and oxygen atoms in total. The number of benzene rings is 3.